The number of hydrogen-bond donors (Lipinski definition) is 2. The monoisotopic (exact) mass is 348 g/mol. The largest absolute Gasteiger partial charge is 0.399 e. The molecule has 0 bridgehead atoms. The molecule has 2 N–H and O–H groups in total. The van der Waals surface area contributed by atoms with Gasteiger partial charge in [-0.1, -0.05) is 34.5 Å². The highest BCUT2D eigenvalue weighted by molar-refractivity contribution is 7.90. The molecule has 1 saturated carbocycles. The molecule has 2 aliphatic rings. The third-order valence-corrected chi connectivity index (χ3v) is 6.28. The number of rotatable bonds is 4. The molecule has 2 aromatic carbocycles. The van der Waals surface area contributed by atoms with Crippen LogP contribution in [0.25, 0.3) is 10.8 Å². The van der Waals surface area contributed by atoms with E-state index in [4.69, 9.17) is 9.44 Å². The van der Waals surface area contributed by atoms with Crippen molar-refractivity contribution in [2.24, 2.45) is 5.41 Å². The molecule has 2 aromatic rings. The van der Waals surface area contributed by atoms with Crippen LogP contribution in [0.3, 0.4) is 0 Å². The van der Waals surface area contributed by atoms with Gasteiger partial charge in [-0.2, -0.15) is 0 Å². The lowest BCUT2D eigenvalue weighted by Gasteiger charge is -2.40. The van der Waals surface area contributed by atoms with E-state index in [1.54, 1.807) is 0 Å². The second kappa shape index (κ2) is 6.20. The number of aryl methyl sites for hydroxylation is 1. The van der Waals surface area contributed by atoms with Crippen LogP contribution in [-0.4, -0.2) is 16.5 Å². The van der Waals surface area contributed by atoms with Gasteiger partial charge in [0.25, 0.3) is 12.3 Å². The first-order valence-corrected chi connectivity index (χ1v) is 8.85. The molecule has 128 valence electrons. The maximum atomic E-state index is 10.4. The quantitative estimate of drug-likeness (QED) is 0.370. The Morgan fingerprint density at radius 3 is 2.92 bits per heavy atom. The molecule has 2 aliphatic carbocycles. The van der Waals surface area contributed by atoms with E-state index in [2.05, 4.69) is 34.5 Å². The molecule has 3 atom stereocenters. The first-order chi connectivity index (χ1) is 11.6. The fraction of sp³-hybridized carbons (Fsp3) is 0.444. The van der Waals surface area contributed by atoms with Crippen molar-refractivity contribution < 1.29 is 23.9 Å². The first kappa shape index (κ1) is 16.2. The molecule has 1 unspecified atom stereocenters. The lowest BCUT2D eigenvalue weighted by Crippen LogP contribution is -2.35. The zero-order valence-corrected chi connectivity index (χ0v) is 14.2. The summed E-state index contributed by atoms with van der Waals surface area (Å²) in [6.07, 6.45) is 3.79. The molecule has 0 spiro atoms. The molecule has 6 heteroatoms. The molecule has 0 heterocycles. The standard InChI is InChI=1S/C18H20O5S/c1-18-9-8-14-13-5-3-12(21-24-23-22-20)10-11(13)2-4-15(14)16(18)6-7-17(18)19/h2-5,10,16-17,19-20H,6-9H2,1H3/t16?,17-,18-/m0/s1. The van der Waals surface area contributed by atoms with Crippen LogP contribution < -0.4 is 4.18 Å². The van der Waals surface area contributed by atoms with E-state index in [0.29, 0.717) is 24.0 Å². The van der Waals surface area contributed by atoms with Gasteiger partial charge < -0.3 is 9.29 Å². The van der Waals surface area contributed by atoms with E-state index in [0.717, 1.165) is 31.1 Å². The maximum Gasteiger partial charge on any atom is 0.261 e. The number of fused-ring (bicyclic) bond motifs is 5. The van der Waals surface area contributed by atoms with E-state index < -0.39 is 0 Å². The van der Waals surface area contributed by atoms with Gasteiger partial charge in [-0.3, -0.25) is 0 Å². The van der Waals surface area contributed by atoms with Crippen LogP contribution in [0.2, 0.25) is 0 Å². The maximum absolute atomic E-state index is 10.4. The van der Waals surface area contributed by atoms with Crippen LogP contribution in [0.1, 0.15) is 43.2 Å². The van der Waals surface area contributed by atoms with Crippen molar-refractivity contribution in [1.29, 1.82) is 0 Å². The van der Waals surface area contributed by atoms with Crippen LogP contribution >= 0.6 is 12.3 Å². The molecule has 5 nitrogen and oxygen atoms in total. The van der Waals surface area contributed by atoms with E-state index in [-0.39, 0.29) is 11.5 Å². The van der Waals surface area contributed by atoms with Crippen LogP contribution in [0.15, 0.2) is 30.3 Å². The summed E-state index contributed by atoms with van der Waals surface area (Å²) in [7, 11) is 0. The highest BCUT2D eigenvalue weighted by atomic mass is 32.2. The minimum atomic E-state index is -0.187. The van der Waals surface area contributed by atoms with Gasteiger partial charge in [0.15, 0.2) is 0 Å². The van der Waals surface area contributed by atoms with Crippen molar-refractivity contribution in [3.05, 3.63) is 41.5 Å². The predicted octanol–water partition coefficient (Wildman–Crippen LogP) is 4.39. The number of aliphatic hydroxyl groups excluding tert-OH is 1. The number of hydrogen-bond acceptors (Lipinski definition) is 6. The SMILES string of the molecule is C[C@]12CCc3c(ccc4cc(OSOOO)ccc34)C1CC[C@@H]2O. The summed E-state index contributed by atoms with van der Waals surface area (Å²) in [4.78, 5) is 0. The summed E-state index contributed by atoms with van der Waals surface area (Å²) in [6, 6.07) is 10.2. The Kier molecular flexibility index (Phi) is 4.18. The highest BCUT2D eigenvalue weighted by Crippen LogP contribution is 2.56. The van der Waals surface area contributed by atoms with Crippen molar-refractivity contribution in [3.8, 4) is 5.75 Å². The lowest BCUT2D eigenvalue weighted by atomic mass is 9.65. The van der Waals surface area contributed by atoms with E-state index in [1.165, 1.54) is 16.5 Å². The van der Waals surface area contributed by atoms with Gasteiger partial charge in [0.2, 0.25) is 0 Å². The average molecular weight is 348 g/mol. The molecule has 0 saturated heterocycles. The average Bonchev–Trinajstić information content (AvgIpc) is 2.90. The summed E-state index contributed by atoms with van der Waals surface area (Å²) >= 11 is 0.556. The second-order valence-electron chi connectivity index (χ2n) is 6.96. The second-order valence-corrected chi connectivity index (χ2v) is 7.40. The van der Waals surface area contributed by atoms with Crippen molar-refractivity contribution in [2.75, 3.05) is 0 Å². The van der Waals surface area contributed by atoms with Crippen LogP contribution in [0.4, 0.5) is 0 Å². The summed E-state index contributed by atoms with van der Waals surface area (Å²) < 4.78 is 9.51. The van der Waals surface area contributed by atoms with Crippen molar-refractivity contribution in [1.82, 2.24) is 0 Å². The summed E-state index contributed by atoms with van der Waals surface area (Å²) in [5.41, 5.74) is 2.81. The molecule has 1 fully saturated rings. The van der Waals surface area contributed by atoms with Gasteiger partial charge in [-0.05, 0) is 65.6 Å². The molecule has 0 amide bonds. The van der Waals surface area contributed by atoms with Crippen LogP contribution in [0, 0.1) is 5.41 Å². The molecule has 0 aliphatic heterocycles. The normalized spacial score (nSPS) is 28.6. The van der Waals surface area contributed by atoms with Crippen molar-refractivity contribution >= 4 is 23.1 Å². The molecule has 24 heavy (non-hydrogen) atoms. The Hall–Kier alpha value is -1.31. The summed E-state index contributed by atoms with van der Waals surface area (Å²) in [6.45, 7) is 2.24. The summed E-state index contributed by atoms with van der Waals surface area (Å²) in [5, 5.41) is 24.4. The molecule has 0 aromatic heterocycles. The minimum Gasteiger partial charge on any atom is -0.399 e. The van der Waals surface area contributed by atoms with Gasteiger partial charge in [-0.25, -0.2) is 5.26 Å². The highest BCUT2D eigenvalue weighted by Gasteiger charge is 2.49. The van der Waals surface area contributed by atoms with E-state index in [1.807, 2.05) is 12.1 Å². The fourth-order valence-corrected chi connectivity index (χ4v) is 4.81. The number of benzene rings is 2. The van der Waals surface area contributed by atoms with Gasteiger partial charge in [0.1, 0.15) is 5.75 Å². The third kappa shape index (κ3) is 2.50. The van der Waals surface area contributed by atoms with Gasteiger partial charge in [0.05, 0.1) is 6.10 Å². The van der Waals surface area contributed by atoms with Gasteiger partial charge in [-0.15, -0.1) is 0 Å². The Morgan fingerprint density at radius 1 is 1.21 bits per heavy atom. The smallest absolute Gasteiger partial charge is 0.261 e. The lowest BCUT2D eigenvalue weighted by molar-refractivity contribution is -0.433. The van der Waals surface area contributed by atoms with Crippen LogP contribution in [0.5, 0.6) is 5.75 Å². The topological polar surface area (TPSA) is 68.2 Å². The molecule has 0 radical (unpaired) electrons. The molecule has 4 rings (SSSR count). The first-order valence-electron chi connectivity index (χ1n) is 8.18. The number of aliphatic hydroxyl groups is 1. The zero-order chi connectivity index (χ0) is 16.7. The minimum absolute atomic E-state index is 0.0159. The van der Waals surface area contributed by atoms with E-state index >= 15 is 0 Å². The molecular formula is C18H20O5S. The Bertz CT molecular complexity index is 764. The third-order valence-electron chi connectivity index (χ3n) is 5.90. The fourth-order valence-electron chi connectivity index (χ4n) is 4.57. The zero-order valence-electron chi connectivity index (χ0n) is 13.4. The summed E-state index contributed by atoms with van der Waals surface area (Å²) in [5.74, 6) is 1.07. The van der Waals surface area contributed by atoms with Crippen molar-refractivity contribution in [3.63, 3.8) is 0 Å². The molecular weight excluding hydrogens is 328 g/mol. The van der Waals surface area contributed by atoms with Crippen LogP contribution in [-0.2, 0) is 15.8 Å². The van der Waals surface area contributed by atoms with Gasteiger partial charge in [0, 0.05) is 5.41 Å². The van der Waals surface area contributed by atoms with E-state index in [9.17, 15) is 5.11 Å². The Balaban J connectivity index is 1.70. The van der Waals surface area contributed by atoms with Crippen molar-refractivity contribution in [2.45, 2.75) is 44.6 Å². The Morgan fingerprint density at radius 2 is 2.08 bits per heavy atom. The Labute approximate surface area is 144 Å². The van der Waals surface area contributed by atoms with Gasteiger partial charge >= 0.3 is 0 Å². The predicted molar refractivity (Wildman–Crippen MR) is 91.4 cm³/mol.